The first kappa shape index (κ1) is 26.5. The van der Waals surface area contributed by atoms with Crippen LogP contribution in [0, 0.1) is 11.6 Å². The van der Waals surface area contributed by atoms with Gasteiger partial charge in [0.05, 0.1) is 11.1 Å². The molecule has 0 bridgehead atoms. The van der Waals surface area contributed by atoms with Crippen LogP contribution in [0.1, 0.15) is 30.1 Å². The molecule has 1 unspecified atom stereocenters. The molecule has 7 nitrogen and oxygen atoms in total. The van der Waals surface area contributed by atoms with Gasteiger partial charge < -0.3 is 15.3 Å². The number of pyridine rings is 2. The third-order valence-corrected chi connectivity index (χ3v) is 6.18. The van der Waals surface area contributed by atoms with Crippen LogP contribution in [0.3, 0.4) is 0 Å². The van der Waals surface area contributed by atoms with Crippen LogP contribution in [0.2, 0.25) is 0 Å². The number of hydrogen-bond donors (Lipinski definition) is 2. The molecule has 3 heterocycles. The number of halogens is 6. The monoisotopic (exact) mass is 528 g/mol. The minimum absolute atomic E-state index is 0.0111. The Morgan fingerprint density at radius 2 is 1.97 bits per heavy atom. The van der Waals surface area contributed by atoms with E-state index in [1.165, 1.54) is 19.1 Å². The normalized spacial score (nSPS) is 19.2. The number of nitrogens with one attached hydrogen (secondary N) is 1. The van der Waals surface area contributed by atoms with E-state index >= 15 is 0 Å². The van der Waals surface area contributed by atoms with Crippen LogP contribution < -0.4 is 15.6 Å². The molecule has 2 N–H and O–H groups in total. The Bertz CT molecular complexity index is 1390. The predicted molar refractivity (Wildman–Crippen MR) is 123 cm³/mol. The van der Waals surface area contributed by atoms with E-state index in [1.54, 1.807) is 10.2 Å². The molecule has 3 atom stereocenters. The molecule has 1 aromatic carbocycles. The zero-order chi connectivity index (χ0) is 27.1. The van der Waals surface area contributed by atoms with Gasteiger partial charge in [0, 0.05) is 25.4 Å². The SMILES string of the molecule is CCC(NC(=O)c1cn(-c2ccc(F)cc2F)c2nc(N3CC[C@@H](F)[C@H](O)C3)ccc2c1=O)C(F)(F)F. The van der Waals surface area contributed by atoms with Gasteiger partial charge in [-0.25, -0.2) is 18.2 Å². The summed E-state index contributed by atoms with van der Waals surface area (Å²) in [5.74, 6) is -3.12. The number of rotatable bonds is 5. The maximum absolute atomic E-state index is 14.8. The van der Waals surface area contributed by atoms with Crippen molar-refractivity contribution in [2.75, 3.05) is 18.0 Å². The number of hydrogen-bond acceptors (Lipinski definition) is 5. The Kier molecular flexibility index (Phi) is 7.18. The quantitative estimate of drug-likeness (QED) is 0.494. The lowest BCUT2D eigenvalue weighted by Gasteiger charge is -2.33. The summed E-state index contributed by atoms with van der Waals surface area (Å²) in [6, 6.07) is 2.90. The van der Waals surface area contributed by atoms with Crippen molar-refractivity contribution in [2.24, 2.45) is 0 Å². The van der Waals surface area contributed by atoms with Gasteiger partial charge in [0.2, 0.25) is 5.43 Å². The van der Waals surface area contributed by atoms with Crippen molar-refractivity contribution in [3.05, 3.63) is 63.9 Å². The number of carbonyl (C=O) groups excluding carboxylic acids is 1. The number of aliphatic hydroxyl groups is 1. The fraction of sp³-hybridized carbons (Fsp3) is 0.375. The first-order valence-corrected chi connectivity index (χ1v) is 11.4. The summed E-state index contributed by atoms with van der Waals surface area (Å²) in [6.45, 7) is 1.28. The smallest absolute Gasteiger partial charge is 0.388 e. The summed E-state index contributed by atoms with van der Waals surface area (Å²) >= 11 is 0. The molecule has 4 rings (SSSR count). The first-order chi connectivity index (χ1) is 17.4. The summed E-state index contributed by atoms with van der Waals surface area (Å²) in [6.07, 6.45) is -7.11. The summed E-state index contributed by atoms with van der Waals surface area (Å²) in [5.41, 5.74) is -2.16. The molecule has 3 aromatic rings. The molecule has 0 aliphatic carbocycles. The maximum Gasteiger partial charge on any atom is 0.408 e. The molecule has 1 fully saturated rings. The minimum atomic E-state index is -4.77. The second-order valence-electron chi connectivity index (χ2n) is 8.67. The van der Waals surface area contributed by atoms with E-state index < -0.39 is 59.4 Å². The Morgan fingerprint density at radius 1 is 1.24 bits per heavy atom. The number of alkyl halides is 4. The number of nitrogens with zero attached hydrogens (tertiary/aromatic N) is 3. The highest BCUT2D eigenvalue weighted by Crippen LogP contribution is 2.26. The molecule has 1 aliphatic heterocycles. The van der Waals surface area contributed by atoms with E-state index in [4.69, 9.17) is 0 Å². The Labute approximate surface area is 206 Å². The maximum atomic E-state index is 14.8. The molecule has 13 heteroatoms. The van der Waals surface area contributed by atoms with Gasteiger partial charge >= 0.3 is 6.18 Å². The second kappa shape index (κ2) is 10.0. The number of β-amino-alcohol motifs (C(OH)–C–C–N with tert-alkyl or cyclic N) is 1. The number of anilines is 1. The van der Waals surface area contributed by atoms with Gasteiger partial charge in [-0.15, -0.1) is 0 Å². The number of aromatic nitrogens is 2. The van der Waals surface area contributed by atoms with Gasteiger partial charge in [0.25, 0.3) is 5.91 Å². The Hall–Kier alpha value is -3.61. The fourth-order valence-corrected chi connectivity index (χ4v) is 4.15. The highest BCUT2D eigenvalue weighted by Gasteiger charge is 2.40. The summed E-state index contributed by atoms with van der Waals surface area (Å²) in [5, 5.41) is 11.5. The van der Waals surface area contributed by atoms with Crippen molar-refractivity contribution in [2.45, 2.75) is 44.3 Å². The molecule has 37 heavy (non-hydrogen) atoms. The zero-order valence-corrected chi connectivity index (χ0v) is 19.4. The van der Waals surface area contributed by atoms with Crippen LogP contribution in [-0.2, 0) is 0 Å². The van der Waals surface area contributed by atoms with E-state index in [9.17, 15) is 41.0 Å². The predicted octanol–water partition coefficient (Wildman–Crippen LogP) is 3.64. The number of aliphatic hydroxyl groups excluding tert-OH is 1. The van der Waals surface area contributed by atoms with Crippen LogP contribution in [0.25, 0.3) is 16.7 Å². The van der Waals surface area contributed by atoms with Crippen molar-refractivity contribution in [1.29, 1.82) is 0 Å². The molecule has 1 amide bonds. The van der Waals surface area contributed by atoms with Crippen molar-refractivity contribution >= 4 is 22.8 Å². The molecule has 0 radical (unpaired) electrons. The van der Waals surface area contributed by atoms with E-state index in [1.807, 2.05) is 0 Å². The summed E-state index contributed by atoms with van der Waals surface area (Å²) in [4.78, 5) is 31.8. The van der Waals surface area contributed by atoms with Gasteiger partial charge in [0.1, 0.15) is 41.3 Å². The second-order valence-corrected chi connectivity index (χ2v) is 8.67. The lowest BCUT2D eigenvalue weighted by molar-refractivity contribution is -0.153. The summed E-state index contributed by atoms with van der Waals surface area (Å²) in [7, 11) is 0. The average Bonchev–Trinajstić information content (AvgIpc) is 2.84. The largest absolute Gasteiger partial charge is 0.408 e. The Morgan fingerprint density at radius 3 is 2.59 bits per heavy atom. The molecule has 0 spiro atoms. The van der Waals surface area contributed by atoms with Crippen molar-refractivity contribution in [3.8, 4) is 5.69 Å². The van der Waals surface area contributed by atoms with Gasteiger partial charge in [0.15, 0.2) is 5.65 Å². The topological polar surface area (TPSA) is 87.5 Å². The van der Waals surface area contributed by atoms with Gasteiger partial charge in [-0.3, -0.25) is 14.2 Å². The average molecular weight is 528 g/mol. The van der Waals surface area contributed by atoms with E-state index in [2.05, 4.69) is 4.98 Å². The number of carbonyl (C=O) groups is 1. The molecule has 1 aliphatic rings. The van der Waals surface area contributed by atoms with Crippen LogP contribution in [-0.4, -0.2) is 58.1 Å². The van der Waals surface area contributed by atoms with Gasteiger partial charge in [-0.2, -0.15) is 13.2 Å². The summed E-state index contributed by atoms with van der Waals surface area (Å²) < 4.78 is 82.7. The van der Waals surface area contributed by atoms with Crippen molar-refractivity contribution in [1.82, 2.24) is 14.9 Å². The van der Waals surface area contributed by atoms with Crippen molar-refractivity contribution in [3.63, 3.8) is 0 Å². The Balaban J connectivity index is 1.88. The van der Waals surface area contributed by atoms with Gasteiger partial charge in [-0.05, 0) is 37.1 Å². The standard InChI is InChI=1S/C24H22F6N4O3/c1-2-19(24(28,29)30)31-23(37)14-10-34(17-5-3-12(25)9-16(17)27)22-13(21(14)36)4-6-20(32-22)33-8-7-15(26)18(35)11-33/h3-6,9-10,15,18-19,35H,2,7-8,11H2,1H3,(H,31,37)/t15-,18-,19?/m1/s1. The molecule has 2 aromatic heterocycles. The van der Waals surface area contributed by atoms with Crippen molar-refractivity contribution < 1.29 is 36.2 Å². The van der Waals surface area contributed by atoms with Gasteiger partial charge in [-0.1, -0.05) is 6.92 Å². The van der Waals surface area contributed by atoms with Crippen LogP contribution in [0.5, 0.6) is 0 Å². The molecular formula is C24H22F6N4O3. The number of amides is 1. The van der Waals surface area contributed by atoms with Crippen LogP contribution in [0.4, 0.5) is 32.2 Å². The van der Waals surface area contributed by atoms with E-state index in [0.29, 0.717) is 6.07 Å². The molecule has 198 valence electrons. The third-order valence-electron chi connectivity index (χ3n) is 6.18. The van der Waals surface area contributed by atoms with E-state index in [-0.39, 0.29) is 42.0 Å². The highest BCUT2D eigenvalue weighted by atomic mass is 19.4. The molecule has 0 saturated carbocycles. The number of fused-ring (bicyclic) bond motifs is 1. The minimum Gasteiger partial charge on any atom is -0.388 e. The number of benzene rings is 1. The fourth-order valence-electron chi connectivity index (χ4n) is 4.15. The molecular weight excluding hydrogens is 506 g/mol. The van der Waals surface area contributed by atoms with E-state index in [0.717, 1.165) is 22.9 Å². The lowest BCUT2D eigenvalue weighted by Crippen LogP contribution is -2.46. The van der Waals surface area contributed by atoms with Crippen LogP contribution >= 0.6 is 0 Å². The van der Waals surface area contributed by atoms with Crippen LogP contribution in [0.15, 0.2) is 41.3 Å². The molecule has 1 saturated heterocycles. The lowest BCUT2D eigenvalue weighted by atomic mass is 10.1. The number of piperidine rings is 1. The third kappa shape index (κ3) is 5.26. The first-order valence-electron chi connectivity index (χ1n) is 11.4. The highest BCUT2D eigenvalue weighted by molar-refractivity contribution is 5.97. The zero-order valence-electron chi connectivity index (χ0n) is 19.4.